The molecule has 0 saturated carbocycles. The Bertz CT molecular complexity index is 1300. The predicted octanol–water partition coefficient (Wildman–Crippen LogP) is 6.39. The van der Waals surface area contributed by atoms with E-state index in [1.165, 1.54) is 27.8 Å². The molecule has 1 aliphatic heterocycles. The smallest absolute Gasteiger partial charge is 0.153 e. The van der Waals surface area contributed by atoms with E-state index in [9.17, 15) is 4.39 Å². The zero-order valence-corrected chi connectivity index (χ0v) is 20.2. The van der Waals surface area contributed by atoms with E-state index in [0.717, 1.165) is 42.2 Å². The van der Waals surface area contributed by atoms with Crippen LogP contribution >= 0.6 is 12.4 Å². The number of benzene rings is 2. The molecule has 0 aliphatic carbocycles. The van der Waals surface area contributed by atoms with E-state index in [0.29, 0.717) is 0 Å². The number of aromatic nitrogens is 2. The van der Waals surface area contributed by atoms with Crippen LogP contribution in [-0.4, -0.2) is 23.2 Å². The van der Waals surface area contributed by atoms with Gasteiger partial charge in [0.05, 0.1) is 18.7 Å². The standard InChI is InChI=1S/C27H28FN3O.ClH/c1-17-18(2)31(16-20-5-8-23(32-4)9-6-20)26-24(17)11-13-29-27(26)30-14-12-21-15-22(28)7-10-25(21)19(30)3;/h5-11,13,15,19H,12,14,16H2,1-4H3;1H. The summed E-state index contributed by atoms with van der Waals surface area (Å²) in [5.74, 6) is 1.69. The van der Waals surface area contributed by atoms with Gasteiger partial charge in [-0.05, 0) is 79.8 Å². The maximum absolute atomic E-state index is 13.8. The molecule has 6 heteroatoms. The van der Waals surface area contributed by atoms with Crippen LogP contribution in [0.2, 0.25) is 0 Å². The Morgan fingerprint density at radius 3 is 2.58 bits per heavy atom. The van der Waals surface area contributed by atoms with Crippen molar-refractivity contribution in [3.05, 3.63) is 88.5 Å². The summed E-state index contributed by atoms with van der Waals surface area (Å²) in [5, 5.41) is 1.23. The molecule has 5 rings (SSSR count). The molecule has 1 aliphatic rings. The summed E-state index contributed by atoms with van der Waals surface area (Å²) in [6.45, 7) is 8.13. The average Bonchev–Trinajstić information content (AvgIpc) is 3.05. The number of aryl methyl sites for hydroxylation is 1. The van der Waals surface area contributed by atoms with Crippen molar-refractivity contribution >= 4 is 29.1 Å². The lowest BCUT2D eigenvalue weighted by Crippen LogP contribution is -2.35. The summed E-state index contributed by atoms with van der Waals surface area (Å²) in [7, 11) is 1.69. The third-order valence-electron chi connectivity index (χ3n) is 6.94. The topological polar surface area (TPSA) is 30.3 Å². The Morgan fingerprint density at radius 2 is 1.85 bits per heavy atom. The molecule has 0 saturated heterocycles. The van der Waals surface area contributed by atoms with E-state index in [-0.39, 0.29) is 24.3 Å². The zero-order chi connectivity index (χ0) is 22.4. The van der Waals surface area contributed by atoms with Gasteiger partial charge in [0, 0.05) is 30.4 Å². The second-order valence-corrected chi connectivity index (χ2v) is 8.64. The SMILES string of the molecule is COc1ccc(Cn2c(C)c(C)c3ccnc(N4CCc5cc(F)ccc5C4C)c32)cc1.Cl. The number of rotatable bonds is 4. The molecular weight excluding hydrogens is 437 g/mol. The van der Waals surface area contributed by atoms with Gasteiger partial charge in [-0.3, -0.25) is 0 Å². The fourth-order valence-electron chi connectivity index (χ4n) is 4.99. The number of hydrogen-bond donors (Lipinski definition) is 0. The molecule has 0 N–H and O–H groups in total. The van der Waals surface area contributed by atoms with Crippen molar-refractivity contribution < 1.29 is 9.13 Å². The van der Waals surface area contributed by atoms with Gasteiger partial charge in [-0.15, -0.1) is 12.4 Å². The van der Waals surface area contributed by atoms with Crippen LogP contribution in [0.3, 0.4) is 0 Å². The maximum Gasteiger partial charge on any atom is 0.153 e. The number of anilines is 1. The number of pyridine rings is 1. The average molecular weight is 466 g/mol. The number of hydrogen-bond acceptors (Lipinski definition) is 3. The van der Waals surface area contributed by atoms with Crippen LogP contribution in [0.15, 0.2) is 54.7 Å². The highest BCUT2D eigenvalue weighted by atomic mass is 35.5. The summed E-state index contributed by atoms with van der Waals surface area (Å²) >= 11 is 0. The monoisotopic (exact) mass is 465 g/mol. The van der Waals surface area contributed by atoms with Gasteiger partial charge in [0.15, 0.2) is 5.82 Å². The summed E-state index contributed by atoms with van der Waals surface area (Å²) < 4.78 is 21.5. The molecule has 0 bridgehead atoms. The van der Waals surface area contributed by atoms with Crippen LogP contribution in [-0.2, 0) is 13.0 Å². The van der Waals surface area contributed by atoms with Crippen molar-refractivity contribution in [1.29, 1.82) is 0 Å². The van der Waals surface area contributed by atoms with Crippen LogP contribution in [0.5, 0.6) is 5.75 Å². The molecule has 0 spiro atoms. The molecule has 3 heterocycles. The Labute approximate surface area is 200 Å². The molecule has 4 nitrogen and oxygen atoms in total. The number of nitrogens with zero attached hydrogens (tertiary/aromatic N) is 3. The first-order valence-electron chi connectivity index (χ1n) is 11.1. The third kappa shape index (κ3) is 3.95. The van der Waals surface area contributed by atoms with Crippen LogP contribution in [0.1, 0.15) is 40.9 Å². The molecule has 0 radical (unpaired) electrons. The molecule has 4 aromatic rings. The summed E-state index contributed by atoms with van der Waals surface area (Å²) in [6.07, 6.45) is 2.72. The summed E-state index contributed by atoms with van der Waals surface area (Å²) in [6, 6.07) is 15.6. The minimum atomic E-state index is -0.163. The lowest BCUT2D eigenvalue weighted by Gasteiger charge is -2.36. The van der Waals surface area contributed by atoms with Crippen molar-refractivity contribution in [2.24, 2.45) is 0 Å². The van der Waals surface area contributed by atoms with Gasteiger partial charge in [-0.25, -0.2) is 9.37 Å². The Balaban J connectivity index is 0.00000259. The molecule has 2 aromatic heterocycles. The highest BCUT2D eigenvalue weighted by Gasteiger charge is 2.28. The third-order valence-corrected chi connectivity index (χ3v) is 6.94. The van der Waals surface area contributed by atoms with E-state index in [2.05, 4.69) is 48.4 Å². The molecule has 2 aromatic carbocycles. The van der Waals surface area contributed by atoms with Gasteiger partial charge in [0.25, 0.3) is 0 Å². The normalized spacial score (nSPS) is 15.3. The van der Waals surface area contributed by atoms with Gasteiger partial charge in [-0.2, -0.15) is 0 Å². The quantitative estimate of drug-likeness (QED) is 0.349. The molecule has 33 heavy (non-hydrogen) atoms. The fraction of sp³-hybridized carbons (Fsp3) is 0.296. The maximum atomic E-state index is 13.8. The zero-order valence-electron chi connectivity index (χ0n) is 19.4. The van der Waals surface area contributed by atoms with Crippen LogP contribution in [0.25, 0.3) is 10.9 Å². The Kier molecular flexibility index (Phi) is 6.35. The minimum absolute atomic E-state index is 0. The summed E-state index contributed by atoms with van der Waals surface area (Å²) in [5.41, 5.74) is 7.19. The number of halogens is 2. The molecule has 172 valence electrons. The largest absolute Gasteiger partial charge is 0.497 e. The lowest BCUT2D eigenvalue weighted by molar-refractivity contribution is 0.414. The molecular formula is C27H29ClFN3O. The second-order valence-electron chi connectivity index (χ2n) is 8.64. The van der Waals surface area contributed by atoms with E-state index in [4.69, 9.17) is 9.72 Å². The molecule has 1 atom stereocenters. The lowest BCUT2D eigenvalue weighted by atomic mass is 9.93. The minimum Gasteiger partial charge on any atom is -0.497 e. The highest BCUT2D eigenvalue weighted by Crippen LogP contribution is 2.38. The Hall–Kier alpha value is -3.05. The van der Waals surface area contributed by atoms with Crippen LogP contribution in [0.4, 0.5) is 10.2 Å². The first kappa shape index (κ1) is 23.1. The number of fused-ring (bicyclic) bond motifs is 2. The molecule has 0 amide bonds. The van der Waals surface area contributed by atoms with E-state index in [1.807, 2.05) is 24.4 Å². The number of methoxy groups -OCH3 is 1. The predicted molar refractivity (Wildman–Crippen MR) is 134 cm³/mol. The van der Waals surface area contributed by atoms with E-state index >= 15 is 0 Å². The van der Waals surface area contributed by atoms with E-state index in [1.54, 1.807) is 19.2 Å². The van der Waals surface area contributed by atoms with Gasteiger partial charge in [-0.1, -0.05) is 18.2 Å². The first-order chi connectivity index (χ1) is 15.5. The summed E-state index contributed by atoms with van der Waals surface area (Å²) in [4.78, 5) is 7.23. The van der Waals surface area contributed by atoms with Gasteiger partial charge < -0.3 is 14.2 Å². The van der Waals surface area contributed by atoms with Gasteiger partial charge >= 0.3 is 0 Å². The second kappa shape index (κ2) is 9.06. The molecule has 1 unspecified atom stereocenters. The first-order valence-corrected chi connectivity index (χ1v) is 11.1. The van der Waals surface area contributed by atoms with Crippen molar-refractivity contribution in [2.45, 2.75) is 39.8 Å². The van der Waals surface area contributed by atoms with Gasteiger partial charge in [0.1, 0.15) is 11.6 Å². The highest BCUT2D eigenvalue weighted by molar-refractivity contribution is 5.94. The van der Waals surface area contributed by atoms with Gasteiger partial charge in [0.2, 0.25) is 0 Å². The molecule has 0 fully saturated rings. The number of ether oxygens (including phenoxy) is 1. The van der Waals surface area contributed by atoms with Crippen molar-refractivity contribution in [2.75, 3.05) is 18.6 Å². The van der Waals surface area contributed by atoms with Crippen molar-refractivity contribution in [1.82, 2.24) is 9.55 Å². The van der Waals surface area contributed by atoms with Crippen molar-refractivity contribution in [3.63, 3.8) is 0 Å². The van der Waals surface area contributed by atoms with Crippen LogP contribution in [0, 0.1) is 19.7 Å². The van der Waals surface area contributed by atoms with Crippen molar-refractivity contribution in [3.8, 4) is 5.75 Å². The Morgan fingerprint density at radius 1 is 1.09 bits per heavy atom. The van der Waals surface area contributed by atoms with E-state index < -0.39 is 0 Å². The fourth-order valence-corrected chi connectivity index (χ4v) is 4.99. The van der Waals surface area contributed by atoms with Crippen LogP contribution < -0.4 is 9.64 Å².